The third-order valence-electron chi connectivity index (χ3n) is 13.6. The largest absolute Gasteiger partial charge is 0.228 e. The van der Waals surface area contributed by atoms with E-state index in [1.807, 2.05) is 11.3 Å². The highest BCUT2D eigenvalue weighted by Crippen LogP contribution is 2.58. The lowest BCUT2D eigenvalue weighted by molar-refractivity contribution is 0.768. The average molecular weight is 857 g/mol. The normalized spacial score (nSPS) is 12.7. The van der Waals surface area contributed by atoms with Crippen LogP contribution in [0.1, 0.15) is 22.3 Å². The van der Waals surface area contributed by atoms with Crippen LogP contribution in [-0.4, -0.2) is 9.97 Å². The molecule has 0 bridgehead atoms. The highest BCUT2D eigenvalue weighted by atomic mass is 32.1. The van der Waals surface area contributed by atoms with Crippen molar-refractivity contribution in [3.63, 3.8) is 0 Å². The molecule has 1 aliphatic carbocycles. The van der Waals surface area contributed by atoms with Crippen molar-refractivity contribution in [2.45, 2.75) is 5.41 Å². The third-order valence-corrected chi connectivity index (χ3v) is 14.7. The molecule has 2 aromatic heterocycles. The van der Waals surface area contributed by atoms with Crippen molar-refractivity contribution in [1.82, 2.24) is 9.97 Å². The Morgan fingerprint density at radius 1 is 0.318 bits per heavy atom. The minimum Gasteiger partial charge on any atom is -0.228 e. The van der Waals surface area contributed by atoms with Gasteiger partial charge in [-0.05, 0) is 103 Å². The van der Waals surface area contributed by atoms with Crippen LogP contribution in [0.4, 0.5) is 0 Å². The lowest BCUT2D eigenvalue weighted by Crippen LogP contribution is -2.28. The van der Waals surface area contributed by atoms with Gasteiger partial charge < -0.3 is 0 Å². The van der Waals surface area contributed by atoms with Gasteiger partial charge in [0.05, 0.1) is 16.8 Å². The number of hydrogen-bond donors (Lipinski definition) is 0. The zero-order valence-corrected chi connectivity index (χ0v) is 36.7. The van der Waals surface area contributed by atoms with Crippen LogP contribution in [0.2, 0.25) is 0 Å². The molecule has 1 aliphatic rings. The van der Waals surface area contributed by atoms with Crippen molar-refractivity contribution in [3.8, 4) is 67.3 Å². The first-order valence-electron chi connectivity index (χ1n) is 22.6. The Morgan fingerprint density at radius 3 is 1.71 bits per heavy atom. The fourth-order valence-corrected chi connectivity index (χ4v) is 11.8. The Bertz CT molecular complexity index is 3770. The van der Waals surface area contributed by atoms with Gasteiger partial charge in [0.15, 0.2) is 5.82 Å². The second-order valence-electron chi connectivity index (χ2n) is 17.2. The van der Waals surface area contributed by atoms with E-state index in [1.165, 1.54) is 75.5 Å². The second-order valence-corrected chi connectivity index (χ2v) is 18.3. The predicted molar refractivity (Wildman–Crippen MR) is 277 cm³/mol. The summed E-state index contributed by atoms with van der Waals surface area (Å²) in [6.45, 7) is 0. The number of hydrogen-bond acceptors (Lipinski definition) is 3. The minimum absolute atomic E-state index is 0.528. The number of benzene rings is 10. The van der Waals surface area contributed by atoms with Gasteiger partial charge in [0.1, 0.15) is 0 Å². The number of rotatable bonds is 7. The number of nitrogens with zero attached hydrogens (tertiary/aromatic N) is 2. The highest BCUT2D eigenvalue weighted by Gasteiger charge is 2.46. The Hall–Kier alpha value is -8.24. The predicted octanol–water partition coefficient (Wildman–Crippen LogP) is 16.7. The van der Waals surface area contributed by atoms with Crippen molar-refractivity contribution in [2.24, 2.45) is 0 Å². The number of fused-ring (bicyclic) bond motifs is 7. The maximum Gasteiger partial charge on any atom is 0.160 e. The lowest BCUT2D eigenvalue weighted by Gasteiger charge is -2.33. The topological polar surface area (TPSA) is 25.8 Å². The van der Waals surface area contributed by atoms with Crippen molar-refractivity contribution in [1.29, 1.82) is 0 Å². The molecule has 0 saturated carbocycles. The molecule has 12 aromatic rings. The second kappa shape index (κ2) is 15.5. The highest BCUT2D eigenvalue weighted by molar-refractivity contribution is 7.25. The molecule has 0 N–H and O–H groups in total. The van der Waals surface area contributed by atoms with Crippen LogP contribution in [0.5, 0.6) is 0 Å². The molecule has 10 aromatic carbocycles. The molecule has 2 nitrogen and oxygen atoms in total. The minimum atomic E-state index is -0.528. The zero-order chi connectivity index (χ0) is 43.6. The van der Waals surface area contributed by atoms with Crippen LogP contribution in [0, 0.1) is 0 Å². The van der Waals surface area contributed by atoms with E-state index in [-0.39, 0.29) is 0 Å². The van der Waals surface area contributed by atoms with Crippen LogP contribution >= 0.6 is 11.3 Å². The molecule has 0 unspecified atom stereocenters. The molecule has 3 heteroatoms. The molecule has 0 saturated heterocycles. The summed E-state index contributed by atoms with van der Waals surface area (Å²) >= 11 is 1.85. The first-order valence-corrected chi connectivity index (χ1v) is 23.4. The smallest absolute Gasteiger partial charge is 0.160 e. The van der Waals surface area contributed by atoms with Gasteiger partial charge in [-0.1, -0.05) is 206 Å². The molecule has 0 radical (unpaired) electrons. The summed E-state index contributed by atoms with van der Waals surface area (Å²) in [4.78, 5) is 11.0. The fourth-order valence-electron chi connectivity index (χ4n) is 10.6. The molecule has 0 amide bonds. The van der Waals surface area contributed by atoms with Gasteiger partial charge in [0.25, 0.3) is 0 Å². The summed E-state index contributed by atoms with van der Waals surface area (Å²) in [5, 5.41) is 5.02. The van der Waals surface area contributed by atoms with Crippen LogP contribution in [-0.2, 0) is 5.41 Å². The maximum absolute atomic E-state index is 5.49. The van der Waals surface area contributed by atoms with Crippen molar-refractivity contribution >= 4 is 42.3 Å². The number of aromatic nitrogens is 2. The average Bonchev–Trinajstić information content (AvgIpc) is 3.92. The molecule has 308 valence electrons. The fraction of sp³-hybridized carbons (Fsp3) is 0.0159. The van der Waals surface area contributed by atoms with Gasteiger partial charge in [-0.3, -0.25) is 0 Å². The number of thiophene rings is 1. The van der Waals surface area contributed by atoms with E-state index in [1.54, 1.807) is 0 Å². The first kappa shape index (κ1) is 38.2. The molecular weight excluding hydrogens is 817 g/mol. The molecule has 0 atom stereocenters. The summed E-state index contributed by atoms with van der Waals surface area (Å²) in [7, 11) is 0. The van der Waals surface area contributed by atoms with Crippen LogP contribution in [0.15, 0.2) is 243 Å². The Kier molecular flexibility index (Phi) is 8.97. The SMILES string of the molecule is c1ccc(-c2nc(-c3cc(-c4ccc5c(c4)sc4ccccc45)cc(-c4cccc5ccccc45)c3)cc(-c3cccc4c3-c3ccccc3C4(c3ccccc3)c3ccccc3)n2)cc1. The van der Waals surface area contributed by atoms with Crippen LogP contribution in [0.25, 0.3) is 98.2 Å². The van der Waals surface area contributed by atoms with E-state index in [0.29, 0.717) is 5.82 Å². The lowest BCUT2D eigenvalue weighted by atomic mass is 9.67. The monoisotopic (exact) mass is 856 g/mol. The molecule has 66 heavy (non-hydrogen) atoms. The quantitative estimate of drug-likeness (QED) is 0.160. The third kappa shape index (κ3) is 6.09. The van der Waals surface area contributed by atoms with Gasteiger partial charge in [0, 0.05) is 36.9 Å². The van der Waals surface area contributed by atoms with Crippen molar-refractivity contribution < 1.29 is 0 Å². The van der Waals surface area contributed by atoms with Crippen molar-refractivity contribution in [2.75, 3.05) is 0 Å². The summed E-state index contributed by atoms with van der Waals surface area (Å²) in [5.74, 6) is 0.688. The molecular formula is C63H40N2S. The van der Waals surface area contributed by atoms with Crippen molar-refractivity contribution in [3.05, 3.63) is 265 Å². The first-order chi connectivity index (χ1) is 32.7. The molecule has 13 rings (SSSR count). The summed E-state index contributed by atoms with van der Waals surface area (Å²) in [6, 6.07) is 88.3. The Labute approximate surface area is 387 Å². The van der Waals surface area contributed by atoms with E-state index in [0.717, 1.165) is 39.2 Å². The van der Waals surface area contributed by atoms with E-state index < -0.39 is 5.41 Å². The molecule has 0 aliphatic heterocycles. The van der Waals surface area contributed by atoms with Gasteiger partial charge in [-0.2, -0.15) is 0 Å². The molecule has 2 heterocycles. The van der Waals surface area contributed by atoms with Crippen LogP contribution in [0.3, 0.4) is 0 Å². The molecule has 0 fully saturated rings. The summed E-state index contributed by atoms with van der Waals surface area (Å²) in [5.41, 5.74) is 16.3. The van der Waals surface area contributed by atoms with E-state index >= 15 is 0 Å². The van der Waals surface area contributed by atoms with E-state index in [2.05, 4.69) is 243 Å². The zero-order valence-electron chi connectivity index (χ0n) is 35.9. The van der Waals surface area contributed by atoms with Gasteiger partial charge >= 0.3 is 0 Å². The summed E-state index contributed by atoms with van der Waals surface area (Å²) in [6.07, 6.45) is 0. The van der Waals surface area contributed by atoms with Gasteiger partial charge in [-0.15, -0.1) is 11.3 Å². The standard InChI is InChI=1S/C63H40N2S/c1-4-19-42(20-5-1)62-64-57(40-58(65-62)54-30-17-32-56-61(54)53-28-12-14-31-55(53)63(56,47-22-6-2-7-23-47)48-24-8-3-9-25-48)46-37-44(36-45(38-46)50-29-16-21-41-18-10-11-26-49(41)50)43-34-35-52-51-27-13-15-33-59(51)66-60(52)39-43/h1-40H. The van der Waals surface area contributed by atoms with Crippen LogP contribution < -0.4 is 0 Å². The van der Waals surface area contributed by atoms with E-state index in [9.17, 15) is 0 Å². The molecule has 0 spiro atoms. The Balaban J connectivity index is 1.07. The van der Waals surface area contributed by atoms with Gasteiger partial charge in [0.2, 0.25) is 0 Å². The van der Waals surface area contributed by atoms with E-state index in [4.69, 9.17) is 9.97 Å². The Morgan fingerprint density at radius 2 is 0.894 bits per heavy atom. The van der Waals surface area contributed by atoms with Gasteiger partial charge in [-0.25, -0.2) is 9.97 Å². The summed E-state index contributed by atoms with van der Waals surface area (Å²) < 4.78 is 2.58. The maximum atomic E-state index is 5.49.